The summed E-state index contributed by atoms with van der Waals surface area (Å²) >= 11 is 0. The van der Waals surface area contributed by atoms with Crippen LogP contribution in [0, 0.1) is 11.8 Å². The maximum absolute atomic E-state index is 12.5. The lowest BCUT2D eigenvalue weighted by atomic mass is 9.91. The van der Waals surface area contributed by atoms with E-state index in [1.54, 1.807) is 14.2 Å². The van der Waals surface area contributed by atoms with Crippen LogP contribution in [0.25, 0.3) is 0 Å². The van der Waals surface area contributed by atoms with E-state index in [4.69, 9.17) is 9.47 Å². The van der Waals surface area contributed by atoms with Crippen LogP contribution in [0.5, 0.6) is 11.5 Å². The number of hydrogen-bond donors (Lipinski definition) is 0. The van der Waals surface area contributed by atoms with Crippen molar-refractivity contribution in [3.63, 3.8) is 0 Å². The molecule has 21 heavy (non-hydrogen) atoms. The molecule has 1 saturated heterocycles. The van der Waals surface area contributed by atoms with Crippen molar-refractivity contribution in [2.45, 2.75) is 26.7 Å². The number of ether oxygens (including phenoxy) is 2. The van der Waals surface area contributed by atoms with Gasteiger partial charge in [0.15, 0.2) is 11.5 Å². The van der Waals surface area contributed by atoms with E-state index in [2.05, 4.69) is 13.8 Å². The lowest BCUT2D eigenvalue weighted by Gasteiger charge is -2.35. The second-order valence-electron chi connectivity index (χ2n) is 6.11. The summed E-state index contributed by atoms with van der Waals surface area (Å²) in [5.74, 6) is 2.73. The van der Waals surface area contributed by atoms with Gasteiger partial charge in [0.2, 0.25) is 5.91 Å². The van der Waals surface area contributed by atoms with Crippen LogP contribution in [0.2, 0.25) is 0 Å². The monoisotopic (exact) mass is 291 g/mol. The van der Waals surface area contributed by atoms with Gasteiger partial charge in [-0.15, -0.1) is 0 Å². The Kier molecular flexibility index (Phi) is 5.10. The molecule has 1 aromatic rings. The third-order valence-corrected chi connectivity index (χ3v) is 4.02. The number of methoxy groups -OCH3 is 2. The summed E-state index contributed by atoms with van der Waals surface area (Å²) in [7, 11) is 3.22. The first-order chi connectivity index (χ1) is 10.0. The number of amides is 1. The topological polar surface area (TPSA) is 38.8 Å². The lowest BCUT2D eigenvalue weighted by molar-refractivity contribution is -0.133. The summed E-state index contributed by atoms with van der Waals surface area (Å²) < 4.78 is 10.5. The minimum atomic E-state index is 0.195. The van der Waals surface area contributed by atoms with Crippen LogP contribution in [0.15, 0.2) is 18.2 Å². The van der Waals surface area contributed by atoms with E-state index >= 15 is 0 Å². The fourth-order valence-corrected chi connectivity index (χ4v) is 3.14. The van der Waals surface area contributed by atoms with Gasteiger partial charge in [0.25, 0.3) is 0 Å². The Labute approximate surface area is 127 Å². The van der Waals surface area contributed by atoms with Crippen molar-refractivity contribution in [1.29, 1.82) is 0 Å². The molecule has 116 valence electrons. The average Bonchev–Trinajstić information content (AvgIpc) is 2.46. The van der Waals surface area contributed by atoms with Gasteiger partial charge in [0.1, 0.15) is 0 Å². The average molecular weight is 291 g/mol. The van der Waals surface area contributed by atoms with Crippen LogP contribution in [-0.2, 0) is 11.2 Å². The third-order valence-electron chi connectivity index (χ3n) is 4.02. The molecule has 1 aromatic carbocycles. The van der Waals surface area contributed by atoms with Crippen LogP contribution in [0.1, 0.15) is 25.8 Å². The molecule has 0 saturated carbocycles. The van der Waals surface area contributed by atoms with E-state index in [-0.39, 0.29) is 5.91 Å². The molecule has 0 unspecified atom stereocenters. The molecule has 4 heteroatoms. The summed E-state index contributed by atoms with van der Waals surface area (Å²) in [6.07, 6.45) is 1.62. The molecule has 1 aliphatic rings. The maximum Gasteiger partial charge on any atom is 0.227 e. The third kappa shape index (κ3) is 3.90. The predicted molar refractivity (Wildman–Crippen MR) is 82.8 cm³/mol. The van der Waals surface area contributed by atoms with E-state index < -0.39 is 0 Å². The Bertz CT molecular complexity index is 491. The number of rotatable bonds is 4. The minimum absolute atomic E-state index is 0.195. The maximum atomic E-state index is 12.5. The predicted octanol–water partition coefficient (Wildman–Crippen LogP) is 2.75. The first-order valence-electron chi connectivity index (χ1n) is 7.52. The molecule has 0 aliphatic carbocycles. The van der Waals surface area contributed by atoms with Gasteiger partial charge >= 0.3 is 0 Å². The lowest BCUT2D eigenvalue weighted by Crippen LogP contribution is -2.43. The normalized spacial score (nSPS) is 22.0. The number of likely N-dealkylation sites (tertiary alicyclic amines) is 1. The van der Waals surface area contributed by atoms with E-state index in [0.29, 0.717) is 29.8 Å². The Morgan fingerprint density at radius 3 is 2.33 bits per heavy atom. The second kappa shape index (κ2) is 6.83. The molecule has 0 bridgehead atoms. The number of nitrogens with zero attached hydrogens (tertiary/aromatic N) is 1. The molecule has 1 fully saturated rings. The number of benzene rings is 1. The Morgan fingerprint density at radius 2 is 1.76 bits per heavy atom. The number of piperidine rings is 1. The molecule has 1 heterocycles. The van der Waals surface area contributed by atoms with Gasteiger partial charge in [-0.3, -0.25) is 4.79 Å². The van der Waals surface area contributed by atoms with Gasteiger partial charge < -0.3 is 14.4 Å². The van der Waals surface area contributed by atoms with E-state index in [9.17, 15) is 4.79 Å². The van der Waals surface area contributed by atoms with E-state index in [1.165, 1.54) is 6.42 Å². The fraction of sp³-hybridized carbons (Fsp3) is 0.588. The van der Waals surface area contributed by atoms with Crippen LogP contribution < -0.4 is 9.47 Å². The van der Waals surface area contributed by atoms with Gasteiger partial charge in [-0.1, -0.05) is 19.9 Å². The molecular weight excluding hydrogens is 266 g/mol. The van der Waals surface area contributed by atoms with E-state index in [1.807, 2.05) is 23.1 Å². The molecule has 4 nitrogen and oxygen atoms in total. The van der Waals surface area contributed by atoms with Crippen molar-refractivity contribution >= 4 is 5.91 Å². The van der Waals surface area contributed by atoms with Crippen LogP contribution in [-0.4, -0.2) is 38.1 Å². The van der Waals surface area contributed by atoms with Gasteiger partial charge in [-0.2, -0.15) is 0 Å². The highest BCUT2D eigenvalue weighted by atomic mass is 16.5. The Hall–Kier alpha value is -1.71. The van der Waals surface area contributed by atoms with Crippen molar-refractivity contribution in [2.75, 3.05) is 27.3 Å². The second-order valence-corrected chi connectivity index (χ2v) is 6.11. The SMILES string of the molecule is COc1ccc(CC(=O)N2C[C@H](C)C[C@@H](C)C2)cc1OC. The molecule has 0 spiro atoms. The first kappa shape index (κ1) is 15.7. The summed E-state index contributed by atoms with van der Waals surface area (Å²) in [4.78, 5) is 14.5. The molecule has 2 atom stereocenters. The van der Waals surface area contributed by atoms with Gasteiger partial charge in [0, 0.05) is 13.1 Å². The summed E-state index contributed by atoms with van der Waals surface area (Å²) in [6, 6.07) is 5.66. The molecular formula is C17H25NO3. The molecule has 0 radical (unpaired) electrons. The van der Waals surface area contributed by atoms with Crippen molar-refractivity contribution < 1.29 is 14.3 Å². The number of hydrogen-bond acceptors (Lipinski definition) is 3. The first-order valence-corrected chi connectivity index (χ1v) is 7.52. The number of carbonyl (C=O) groups excluding carboxylic acids is 1. The molecule has 1 amide bonds. The fourth-order valence-electron chi connectivity index (χ4n) is 3.14. The summed E-state index contributed by atoms with van der Waals surface area (Å²) in [6.45, 7) is 6.17. The summed E-state index contributed by atoms with van der Waals surface area (Å²) in [5.41, 5.74) is 0.962. The standard InChI is InChI=1S/C17H25NO3/c1-12-7-13(2)11-18(10-12)17(19)9-14-5-6-15(20-3)16(8-14)21-4/h5-6,8,12-13H,7,9-11H2,1-4H3/t12-,13-/m1/s1. The van der Waals surface area contributed by atoms with Gasteiger partial charge in [-0.05, 0) is 36.0 Å². The highest BCUT2D eigenvalue weighted by molar-refractivity contribution is 5.79. The van der Waals surface area contributed by atoms with Crippen LogP contribution in [0.4, 0.5) is 0 Å². The zero-order valence-corrected chi connectivity index (χ0v) is 13.4. The largest absolute Gasteiger partial charge is 0.493 e. The zero-order valence-electron chi connectivity index (χ0n) is 13.4. The minimum Gasteiger partial charge on any atom is -0.493 e. The van der Waals surface area contributed by atoms with E-state index in [0.717, 1.165) is 18.7 Å². The molecule has 2 rings (SSSR count). The van der Waals surface area contributed by atoms with Crippen LogP contribution >= 0.6 is 0 Å². The Morgan fingerprint density at radius 1 is 1.14 bits per heavy atom. The van der Waals surface area contributed by atoms with Crippen molar-refractivity contribution in [3.05, 3.63) is 23.8 Å². The number of carbonyl (C=O) groups is 1. The highest BCUT2D eigenvalue weighted by Gasteiger charge is 2.25. The van der Waals surface area contributed by atoms with Gasteiger partial charge in [0.05, 0.1) is 20.6 Å². The van der Waals surface area contributed by atoms with Crippen LogP contribution in [0.3, 0.4) is 0 Å². The smallest absolute Gasteiger partial charge is 0.227 e. The quantitative estimate of drug-likeness (QED) is 0.856. The molecule has 0 aromatic heterocycles. The van der Waals surface area contributed by atoms with Crippen molar-refractivity contribution in [3.8, 4) is 11.5 Å². The zero-order chi connectivity index (χ0) is 15.4. The van der Waals surface area contributed by atoms with Gasteiger partial charge in [-0.25, -0.2) is 0 Å². The molecule has 1 aliphatic heterocycles. The Balaban J connectivity index is 2.05. The summed E-state index contributed by atoms with van der Waals surface area (Å²) in [5, 5.41) is 0. The molecule has 0 N–H and O–H groups in total. The van der Waals surface area contributed by atoms with Crippen molar-refractivity contribution in [1.82, 2.24) is 4.90 Å². The van der Waals surface area contributed by atoms with Crippen molar-refractivity contribution in [2.24, 2.45) is 11.8 Å². The highest BCUT2D eigenvalue weighted by Crippen LogP contribution is 2.28.